The fourth-order valence-corrected chi connectivity index (χ4v) is 3.95. The van der Waals surface area contributed by atoms with Crippen molar-refractivity contribution in [2.75, 3.05) is 20.1 Å². The van der Waals surface area contributed by atoms with E-state index >= 15 is 0 Å². The molecule has 3 heterocycles. The smallest absolute Gasteiger partial charge is 0.240 e. The van der Waals surface area contributed by atoms with Crippen LogP contribution in [0.2, 0.25) is 5.02 Å². The Labute approximate surface area is 153 Å². The van der Waals surface area contributed by atoms with E-state index in [9.17, 15) is 4.79 Å². The van der Waals surface area contributed by atoms with E-state index in [1.54, 1.807) is 0 Å². The van der Waals surface area contributed by atoms with Crippen LogP contribution in [0.15, 0.2) is 24.3 Å². The van der Waals surface area contributed by atoms with Crippen molar-refractivity contribution < 1.29 is 4.79 Å². The standard InChI is InChI=1S/C19H23ClN4O/c1-23-10-3-2-4-17(23)19(25)24-11-9-15-16(12-24)22-18(21-15)13-5-7-14(20)8-6-13/h5-8,17H,2-4,9-12H2,1H3,(H,21,22). The second-order valence-corrected chi connectivity index (χ2v) is 7.46. The van der Waals surface area contributed by atoms with E-state index in [2.05, 4.69) is 16.9 Å². The number of nitrogens with zero attached hydrogens (tertiary/aromatic N) is 3. The Morgan fingerprint density at radius 3 is 2.80 bits per heavy atom. The first-order valence-electron chi connectivity index (χ1n) is 8.94. The minimum atomic E-state index is 0.0361. The van der Waals surface area contributed by atoms with Crippen molar-refractivity contribution in [1.82, 2.24) is 19.8 Å². The molecule has 5 nitrogen and oxygen atoms in total. The first-order valence-corrected chi connectivity index (χ1v) is 9.32. The second kappa shape index (κ2) is 6.81. The van der Waals surface area contributed by atoms with Crippen molar-refractivity contribution >= 4 is 17.5 Å². The number of aromatic amines is 1. The lowest BCUT2D eigenvalue weighted by atomic mass is 10.0. The number of rotatable bonds is 2. The summed E-state index contributed by atoms with van der Waals surface area (Å²) in [4.78, 5) is 25.2. The zero-order chi connectivity index (χ0) is 17.4. The van der Waals surface area contributed by atoms with Crippen molar-refractivity contribution in [3.63, 3.8) is 0 Å². The summed E-state index contributed by atoms with van der Waals surface area (Å²) in [6.45, 7) is 2.39. The number of benzene rings is 1. The Kier molecular flexibility index (Phi) is 4.52. The zero-order valence-corrected chi connectivity index (χ0v) is 15.2. The van der Waals surface area contributed by atoms with E-state index in [0.717, 1.165) is 55.1 Å². The Morgan fingerprint density at radius 1 is 1.24 bits per heavy atom. The molecule has 2 aliphatic heterocycles. The molecule has 132 valence electrons. The molecule has 0 radical (unpaired) electrons. The van der Waals surface area contributed by atoms with Gasteiger partial charge in [0.1, 0.15) is 5.82 Å². The molecule has 1 atom stereocenters. The van der Waals surface area contributed by atoms with Crippen LogP contribution in [0.5, 0.6) is 0 Å². The van der Waals surface area contributed by atoms with Crippen LogP contribution in [-0.4, -0.2) is 51.9 Å². The Morgan fingerprint density at radius 2 is 2.04 bits per heavy atom. The average molecular weight is 359 g/mol. The van der Waals surface area contributed by atoms with Gasteiger partial charge in [-0.3, -0.25) is 9.69 Å². The third-order valence-electron chi connectivity index (χ3n) is 5.32. The summed E-state index contributed by atoms with van der Waals surface area (Å²) in [7, 11) is 2.06. The lowest BCUT2D eigenvalue weighted by Crippen LogP contribution is -2.50. The van der Waals surface area contributed by atoms with Crippen LogP contribution < -0.4 is 0 Å². The largest absolute Gasteiger partial charge is 0.340 e. The molecule has 25 heavy (non-hydrogen) atoms. The monoisotopic (exact) mass is 358 g/mol. The Balaban J connectivity index is 1.51. The quantitative estimate of drug-likeness (QED) is 0.897. The molecule has 6 heteroatoms. The van der Waals surface area contributed by atoms with Crippen LogP contribution in [0.4, 0.5) is 0 Å². The van der Waals surface area contributed by atoms with Gasteiger partial charge in [-0.25, -0.2) is 4.98 Å². The van der Waals surface area contributed by atoms with Gasteiger partial charge < -0.3 is 9.88 Å². The predicted octanol–water partition coefficient (Wildman–Crippen LogP) is 3.10. The number of hydrogen-bond acceptors (Lipinski definition) is 3. The molecule has 1 aromatic carbocycles. The number of piperidine rings is 1. The molecule has 0 bridgehead atoms. The van der Waals surface area contributed by atoms with Crippen LogP contribution in [-0.2, 0) is 17.8 Å². The van der Waals surface area contributed by atoms with E-state index in [4.69, 9.17) is 16.6 Å². The number of carbonyl (C=O) groups is 1. The van der Waals surface area contributed by atoms with Crippen LogP contribution >= 0.6 is 11.6 Å². The topological polar surface area (TPSA) is 52.2 Å². The molecule has 0 spiro atoms. The molecule has 1 amide bonds. The van der Waals surface area contributed by atoms with Crippen molar-refractivity contribution in [3.8, 4) is 11.4 Å². The molecule has 4 rings (SSSR count). The normalized spacial score (nSPS) is 21.2. The van der Waals surface area contributed by atoms with E-state index < -0.39 is 0 Å². The van der Waals surface area contributed by atoms with Gasteiger partial charge in [-0.15, -0.1) is 0 Å². The van der Waals surface area contributed by atoms with Gasteiger partial charge in [0.05, 0.1) is 24.0 Å². The fourth-order valence-electron chi connectivity index (χ4n) is 3.82. The number of likely N-dealkylation sites (tertiary alicyclic amines) is 1. The van der Waals surface area contributed by atoms with E-state index in [1.165, 1.54) is 6.42 Å². The number of carbonyl (C=O) groups excluding carboxylic acids is 1. The molecule has 1 unspecified atom stereocenters. The minimum absolute atomic E-state index is 0.0361. The van der Waals surface area contributed by atoms with Crippen molar-refractivity contribution in [2.24, 2.45) is 0 Å². The molecular weight excluding hydrogens is 336 g/mol. The highest BCUT2D eigenvalue weighted by molar-refractivity contribution is 6.30. The molecule has 0 saturated carbocycles. The SMILES string of the molecule is CN1CCCCC1C(=O)N1CCc2nc(-c3ccc(Cl)cc3)[nH]c2C1. The number of imidazole rings is 1. The summed E-state index contributed by atoms with van der Waals surface area (Å²) in [5.74, 6) is 1.11. The minimum Gasteiger partial charge on any atom is -0.340 e. The third kappa shape index (κ3) is 3.31. The number of nitrogens with one attached hydrogen (secondary N) is 1. The number of amides is 1. The maximum Gasteiger partial charge on any atom is 0.240 e. The first kappa shape index (κ1) is 16.6. The molecular formula is C19H23ClN4O. The lowest BCUT2D eigenvalue weighted by molar-refractivity contribution is -0.138. The molecule has 0 aliphatic carbocycles. The van der Waals surface area contributed by atoms with Gasteiger partial charge >= 0.3 is 0 Å². The number of halogens is 1. The van der Waals surface area contributed by atoms with Gasteiger partial charge in [-0.05, 0) is 50.7 Å². The summed E-state index contributed by atoms with van der Waals surface area (Å²) in [5.41, 5.74) is 3.15. The number of fused-ring (bicyclic) bond motifs is 1. The summed E-state index contributed by atoms with van der Waals surface area (Å²) in [6.07, 6.45) is 4.11. The maximum atomic E-state index is 12.9. The zero-order valence-electron chi connectivity index (χ0n) is 14.5. The first-order chi connectivity index (χ1) is 12.1. The number of H-pyrrole nitrogens is 1. The van der Waals surface area contributed by atoms with Gasteiger partial charge in [0, 0.05) is 23.6 Å². The summed E-state index contributed by atoms with van der Waals surface area (Å²) >= 11 is 5.96. The van der Waals surface area contributed by atoms with Crippen LogP contribution in [0, 0.1) is 0 Å². The van der Waals surface area contributed by atoms with Crippen molar-refractivity contribution in [3.05, 3.63) is 40.7 Å². The van der Waals surface area contributed by atoms with Crippen molar-refractivity contribution in [1.29, 1.82) is 0 Å². The molecule has 2 aromatic rings. The maximum absolute atomic E-state index is 12.9. The molecule has 1 saturated heterocycles. The van der Waals surface area contributed by atoms with Gasteiger partial charge in [0.2, 0.25) is 5.91 Å². The predicted molar refractivity (Wildman–Crippen MR) is 98.4 cm³/mol. The summed E-state index contributed by atoms with van der Waals surface area (Å²) < 4.78 is 0. The average Bonchev–Trinajstić information content (AvgIpc) is 3.05. The van der Waals surface area contributed by atoms with Crippen LogP contribution in [0.1, 0.15) is 30.7 Å². The summed E-state index contributed by atoms with van der Waals surface area (Å²) in [6, 6.07) is 7.70. The third-order valence-corrected chi connectivity index (χ3v) is 5.57. The number of aromatic nitrogens is 2. The highest BCUT2D eigenvalue weighted by Crippen LogP contribution is 2.25. The summed E-state index contributed by atoms with van der Waals surface area (Å²) in [5, 5.41) is 0.716. The Bertz CT molecular complexity index is 770. The highest BCUT2D eigenvalue weighted by atomic mass is 35.5. The fraction of sp³-hybridized carbons (Fsp3) is 0.474. The van der Waals surface area contributed by atoms with Crippen molar-refractivity contribution in [2.45, 2.75) is 38.3 Å². The van der Waals surface area contributed by atoms with Crippen LogP contribution in [0.25, 0.3) is 11.4 Å². The van der Waals surface area contributed by atoms with Crippen LogP contribution in [0.3, 0.4) is 0 Å². The van der Waals surface area contributed by atoms with E-state index in [0.29, 0.717) is 11.6 Å². The van der Waals surface area contributed by atoms with Gasteiger partial charge in [0.15, 0.2) is 0 Å². The lowest BCUT2D eigenvalue weighted by Gasteiger charge is -2.36. The van der Waals surface area contributed by atoms with Gasteiger partial charge in [-0.2, -0.15) is 0 Å². The van der Waals surface area contributed by atoms with Gasteiger partial charge in [-0.1, -0.05) is 18.0 Å². The molecule has 1 aromatic heterocycles. The number of hydrogen-bond donors (Lipinski definition) is 1. The Hall–Kier alpha value is -1.85. The molecule has 1 fully saturated rings. The number of likely N-dealkylation sites (N-methyl/N-ethyl adjacent to an activating group) is 1. The van der Waals surface area contributed by atoms with E-state index in [1.807, 2.05) is 29.2 Å². The molecule has 2 aliphatic rings. The molecule has 1 N–H and O–H groups in total. The highest BCUT2D eigenvalue weighted by Gasteiger charge is 2.32. The van der Waals surface area contributed by atoms with Gasteiger partial charge in [0.25, 0.3) is 0 Å². The second-order valence-electron chi connectivity index (χ2n) is 7.02. The van der Waals surface area contributed by atoms with E-state index in [-0.39, 0.29) is 11.9 Å².